The molecule has 116 valence electrons. The number of hydrogen-bond acceptors (Lipinski definition) is 4. The van der Waals surface area contributed by atoms with Gasteiger partial charge in [0.2, 0.25) is 5.88 Å². The summed E-state index contributed by atoms with van der Waals surface area (Å²) in [6.07, 6.45) is 1.60. The molecule has 1 fully saturated rings. The molecule has 3 rings (SSSR count). The zero-order valence-electron chi connectivity index (χ0n) is 11.1. The molecule has 0 saturated carbocycles. The van der Waals surface area contributed by atoms with Crippen molar-refractivity contribution in [2.45, 2.75) is 15.8 Å². The van der Waals surface area contributed by atoms with E-state index >= 15 is 0 Å². The number of epoxide rings is 1. The SMILES string of the molecule is Clc1cc(Oc2cccc(C3(CC(Cl)(Cl)Cl)CO3)c2)ncn1. The number of aromatic nitrogens is 2. The number of rotatable bonds is 4. The van der Waals surface area contributed by atoms with Crippen molar-refractivity contribution in [2.24, 2.45) is 0 Å². The third-order valence-corrected chi connectivity index (χ3v) is 3.78. The summed E-state index contributed by atoms with van der Waals surface area (Å²) in [5, 5.41) is 0.305. The van der Waals surface area contributed by atoms with E-state index in [1.54, 1.807) is 6.07 Å². The Kier molecular flexibility index (Phi) is 4.40. The molecule has 1 aliphatic rings. The Hall–Kier alpha value is -0.780. The van der Waals surface area contributed by atoms with E-state index in [1.165, 1.54) is 12.4 Å². The van der Waals surface area contributed by atoms with Gasteiger partial charge in [-0.15, -0.1) is 0 Å². The van der Waals surface area contributed by atoms with Gasteiger partial charge in [-0.2, -0.15) is 0 Å². The third-order valence-electron chi connectivity index (χ3n) is 3.17. The number of halogens is 4. The van der Waals surface area contributed by atoms with Crippen LogP contribution < -0.4 is 4.74 Å². The second kappa shape index (κ2) is 6.02. The number of hydrogen-bond donors (Lipinski definition) is 0. The number of alkyl halides is 3. The van der Waals surface area contributed by atoms with Crippen molar-refractivity contribution in [2.75, 3.05) is 6.61 Å². The third kappa shape index (κ3) is 3.94. The maximum Gasteiger partial charge on any atom is 0.223 e. The Labute approximate surface area is 147 Å². The Morgan fingerprint density at radius 1 is 1.23 bits per heavy atom. The van der Waals surface area contributed by atoms with Gasteiger partial charge in [0.15, 0.2) is 3.79 Å². The van der Waals surface area contributed by atoms with E-state index in [1.807, 2.05) is 18.2 Å². The molecule has 0 amide bonds. The van der Waals surface area contributed by atoms with Crippen molar-refractivity contribution in [1.82, 2.24) is 9.97 Å². The molecule has 0 aliphatic carbocycles. The van der Waals surface area contributed by atoms with Gasteiger partial charge >= 0.3 is 0 Å². The van der Waals surface area contributed by atoms with Crippen molar-refractivity contribution in [3.8, 4) is 11.6 Å². The van der Waals surface area contributed by atoms with E-state index < -0.39 is 9.39 Å². The first kappa shape index (κ1) is 16.1. The Bertz CT molecular complexity index is 687. The maximum atomic E-state index is 5.88. The topological polar surface area (TPSA) is 47.5 Å². The lowest BCUT2D eigenvalue weighted by molar-refractivity contribution is 0.294. The molecule has 1 saturated heterocycles. The first-order valence-corrected chi connectivity index (χ1v) is 7.84. The monoisotopic (exact) mass is 378 g/mol. The summed E-state index contributed by atoms with van der Waals surface area (Å²) in [5.74, 6) is 0.941. The van der Waals surface area contributed by atoms with Crippen LogP contribution in [-0.4, -0.2) is 20.4 Å². The van der Waals surface area contributed by atoms with Gasteiger partial charge in [-0.3, -0.25) is 0 Å². The highest BCUT2D eigenvalue weighted by Crippen LogP contribution is 2.50. The van der Waals surface area contributed by atoms with Crippen LogP contribution in [0, 0.1) is 0 Å². The van der Waals surface area contributed by atoms with Crippen LogP contribution in [0.4, 0.5) is 0 Å². The zero-order chi connectivity index (χ0) is 15.8. The van der Waals surface area contributed by atoms with Crippen LogP contribution in [0.5, 0.6) is 11.6 Å². The Morgan fingerprint density at radius 2 is 2.00 bits per heavy atom. The standard InChI is InChI=1S/C14H10Cl4N2O2/c15-11-5-12(20-8-19-11)22-10-3-1-2-9(4-10)13(7-21-13)6-14(16,17)18/h1-5,8H,6-7H2. The molecule has 2 aromatic rings. The summed E-state index contributed by atoms with van der Waals surface area (Å²) in [7, 11) is 0. The molecule has 2 heterocycles. The second-order valence-electron chi connectivity index (χ2n) is 4.88. The Morgan fingerprint density at radius 3 is 2.64 bits per heavy atom. The van der Waals surface area contributed by atoms with Gasteiger partial charge in [0.05, 0.1) is 6.61 Å². The minimum atomic E-state index is -1.38. The fraction of sp³-hybridized carbons (Fsp3) is 0.286. The van der Waals surface area contributed by atoms with E-state index in [-0.39, 0.29) is 6.42 Å². The lowest BCUT2D eigenvalue weighted by atomic mass is 9.97. The average molecular weight is 380 g/mol. The van der Waals surface area contributed by atoms with Crippen LogP contribution in [0.3, 0.4) is 0 Å². The van der Waals surface area contributed by atoms with Crippen molar-refractivity contribution in [1.29, 1.82) is 0 Å². The quantitative estimate of drug-likeness (QED) is 0.430. The van der Waals surface area contributed by atoms with E-state index in [9.17, 15) is 0 Å². The minimum Gasteiger partial charge on any atom is -0.439 e. The molecular formula is C14H10Cl4N2O2. The molecule has 4 nitrogen and oxygen atoms in total. The number of benzene rings is 1. The summed E-state index contributed by atoms with van der Waals surface area (Å²) in [5.41, 5.74) is 0.310. The van der Waals surface area contributed by atoms with Gasteiger partial charge < -0.3 is 9.47 Å². The van der Waals surface area contributed by atoms with Crippen LogP contribution in [0.1, 0.15) is 12.0 Å². The molecule has 1 atom stereocenters. The first-order valence-electron chi connectivity index (χ1n) is 6.33. The highest BCUT2D eigenvalue weighted by Gasteiger charge is 2.51. The zero-order valence-corrected chi connectivity index (χ0v) is 14.1. The van der Waals surface area contributed by atoms with Crippen LogP contribution in [-0.2, 0) is 10.3 Å². The summed E-state index contributed by atoms with van der Waals surface area (Å²) in [6.45, 7) is 0.504. The number of nitrogens with zero attached hydrogens (tertiary/aromatic N) is 2. The van der Waals surface area contributed by atoms with Gasteiger partial charge in [-0.25, -0.2) is 9.97 Å². The Balaban J connectivity index is 1.81. The molecule has 1 unspecified atom stereocenters. The molecule has 8 heteroatoms. The molecule has 1 aromatic heterocycles. The first-order chi connectivity index (χ1) is 10.4. The summed E-state index contributed by atoms with van der Waals surface area (Å²) in [6, 6.07) is 8.90. The number of ether oxygens (including phenoxy) is 2. The highest BCUT2D eigenvalue weighted by molar-refractivity contribution is 6.67. The van der Waals surface area contributed by atoms with Crippen molar-refractivity contribution < 1.29 is 9.47 Å². The molecule has 0 radical (unpaired) electrons. The second-order valence-corrected chi connectivity index (χ2v) is 7.79. The molecular weight excluding hydrogens is 370 g/mol. The van der Waals surface area contributed by atoms with Crippen LogP contribution in [0.2, 0.25) is 5.15 Å². The average Bonchev–Trinajstić information content (AvgIpc) is 3.18. The fourth-order valence-corrected chi connectivity index (χ4v) is 2.90. The van der Waals surface area contributed by atoms with Crippen molar-refractivity contribution in [3.63, 3.8) is 0 Å². The largest absolute Gasteiger partial charge is 0.439 e. The predicted octanol–water partition coefficient (Wildman–Crippen LogP) is 4.91. The van der Waals surface area contributed by atoms with Crippen LogP contribution in [0.15, 0.2) is 36.7 Å². The van der Waals surface area contributed by atoms with Crippen LogP contribution in [0.25, 0.3) is 0 Å². The fourth-order valence-electron chi connectivity index (χ4n) is 2.12. The highest BCUT2D eigenvalue weighted by atomic mass is 35.6. The molecule has 0 spiro atoms. The lowest BCUT2D eigenvalue weighted by Gasteiger charge is -2.18. The van der Waals surface area contributed by atoms with Gasteiger partial charge in [0.25, 0.3) is 0 Å². The molecule has 0 bridgehead atoms. The van der Waals surface area contributed by atoms with Gasteiger partial charge in [-0.05, 0) is 17.7 Å². The molecule has 22 heavy (non-hydrogen) atoms. The summed E-state index contributed by atoms with van der Waals surface area (Å²) >= 11 is 23.5. The predicted molar refractivity (Wildman–Crippen MR) is 86.1 cm³/mol. The van der Waals surface area contributed by atoms with Gasteiger partial charge in [-0.1, -0.05) is 58.5 Å². The molecule has 1 aromatic carbocycles. The van der Waals surface area contributed by atoms with Crippen molar-refractivity contribution in [3.05, 3.63) is 47.4 Å². The lowest BCUT2D eigenvalue weighted by Crippen LogP contribution is -2.18. The maximum absolute atomic E-state index is 5.88. The normalized spacial score (nSPS) is 20.7. The van der Waals surface area contributed by atoms with E-state index in [2.05, 4.69) is 9.97 Å². The van der Waals surface area contributed by atoms with Crippen molar-refractivity contribution >= 4 is 46.4 Å². The summed E-state index contributed by atoms with van der Waals surface area (Å²) < 4.78 is 9.81. The molecule has 1 aliphatic heterocycles. The van der Waals surface area contributed by atoms with E-state index in [0.29, 0.717) is 23.4 Å². The van der Waals surface area contributed by atoms with E-state index in [4.69, 9.17) is 55.9 Å². The van der Waals surface area contributed by atoms with E-state index in [0.717, 1.165) is 5.56 Å². The smallest absolute Gasteiger partial charge is 0.223 e. The van der Waals surface area contributed by atoms with Gasteiger partial charge in [0.1, 0.15) is 22.8 Å². The molecule has 0 N–H and O–H groups in total. The van der Waals surface area contributed by atoms with Crippen LogP contribution >= 0.6 is 46.4 Å². The summed E-state index contributed by atoms with van der Waals surface area (Å²) in [4.78, 5) is 7.79. The van der Waals surface area contributed by atoms with Gasteiger partial charge in [0, 0.05) is 12.5 Å². The minimum absolute atomic E-state index is 0.271.